The first kappa shape index (κ1) is 24.8. The normalized spacial score (nSPS) is 22.9. The van der Waals surface area contributed by atoms with Crippen molar-refractivity contribution in [2.45, 2.75) is 77.1 Å². The molecule has 2 aromatic heterocycles. The molecular weight excluding hydrogens is 482 g/mol. The summed E-state index contributed by atoms with van der Waals surface area (Å²) < 4.78 is 8.79. The molecule has 10 heteroatoms. The summed E-state index contributed by atoms with van der Waals surface area (Å²) >= 11 is 6.03. The third kappa shape index (κ3) is 4.39. The number of hydrogen-bond donors (Lipinski definition) is 1. The number of ether oxygens (including phenoxy) is 1. The Balaban J connectivity index is 1.64. The molecule has 0 bridgehead atoms. The Kier molecular flexibility index (Phi) is 6.78. The maximum atomic E-state index is 12.6. The van der Waals surface area contributed by atoms with Crippen molar-refractivity contribution in [1.82, 2.24) is 19.3 Å². The van der Waals surface area contributed by atoms with E-state index in [1.807, 2.05) is 19.1 Å². The van der Waals surface area contributed by atoms with Crippen molar-refractivity contribution in [3.63, 3.8) is 0 Å². The van der Waals surface area contributed by atoms with Gasteiger partial charge in [-0.15, -0.1) is 0 Å². The molecule has 5 rings (SSSR count). The van der Waals surface area contributed by atoms with Gasteiger partial charge in [0.1, 0.15) is 17.7 Å². The van der Waals surface area contributed by atoms with E-state index in [0.717, 1.165) is 60.8 Å². The predicted octanol–water partition coefficient (Wildman–Crippen LogP) is 4.85. The smallest absolute Gasteiger partial charge is 0.414 e. The number of aliphatic hydroxyl groups is 1. The quantitative estimate of drug-likeness (QED) is 0.523. The second-order valence-corrected chi connectivity index (χ2v) is 10.5. The zero-order valence-electron chi connectivity index (χ0n) is 20.9. The number of carbonyl (C=O) groups is 2. The summed E-state index contributed by atoms with van der Waals surface area (Å²) in [5.74, 6) is 0.754. The lowest BCUT2D eigenvalue weighted by Crippen LogP contribution is -2.42. The van der Waals surface area contributed by atoms with Gasteiger partial charge in [-0.05, 0) is 58.1 Å². The standard InChI is InChI=1S/C26H32ClN5O4/c1-15-7-8-20-21(31(15)26(35)36-3)9-10-22-24(20)29-25(23(34)14-30-13-18(27)12-28-30)32(22)19-6-4-5-17(11-19)16(2)33/h9-10,12-13,15,17,19,23,34H,4-8,11,14H2,1-3H3/t15-,17+,19+,23-/m0/s1. The van der Waals surface area contributed by atoms with Crippen molar-refractivity contribution in [2.24, 2.45) is 5.92 Å². The van der Waals surface area contributed by atoms with Crippen LogP contribution < -0.4 is 4.90 Å². The number of anilines is 1. The second-order valence-electron chi connectivity index (χ2n) is 10.0. The maximum absolute atomic E-state index is 12.6. The molecule has 3 aromatic rings. The number of methoxy groups -OCH3 is 1. The number of halogens is 1. The highest BCUT2D eigenvalue weighted by Gasteiger charge is 2.34. The summed E-state index contributed by atoms with van der Waals surface area (Å²) in [6.07, 6.45) is 6.89. The number of aliphatic hydroxyl groups excluding tert-OH is 1. The number of benzene rings is 1. The number of aryl methyl sites for hydroxylation is 1. The third-order valence-corrected chi connectivity index (χ3v) is 7.89. The summed E-state index contributed by atoms with van der Waals surface area (Å²) in [4.78, 5) is 31.5. The van der Waals surface area contributed by atoms with Crippen LogP contribution in [0.3, 0.4) is 0 Å². The first-order valence-corrected chi connectivity index (χ1v) is 12.9. The minimum Gasteiger partial charge on any atom is -0.452 e. The fourth-order valence-electron chi connectivity index (χ4n) is 5.88. The lowest BCUT2D eigenvalue weighted by molar-refractivity contribution is -0.122. The molecule has 1 N–H and O–H groups in total. The van der Waals surface area contributed by atoms with Crippen LogP contribution in [0.2, 0.25) is 5.02 Å². The molecule has 4 atom stereocenters. The minimum atomic E-state index is -0.930. The number of carbonyl (C=O) groups excluding carboxylic acids is 2. The predicted molar refractivity (Wildman–Crippen MR) is 136 cm³/mol. The Morgan fingerprint density at radius 1 is 1.28 bits per heavy atom. The van der Waals surface area contributed by atoms with Gasteiger partial charge in [-0.2, -0.15) is 5.10 Å². The van der Waals surface area contributed by atoms with Gasteiger partial charge in [0.15, 0.2) is 0 Å². The lowest BCUT2D eigenvalue weighted by Gasteiger charge is -2.34. The van der Waals surface area contributed by atoms with Gasteiger partial charge >= 0.3 is 6.09 Å². The van der Waals surface area contributed by atoms with Gasteiger partial charge in [0.25, 0.3) is 0 Å². The Labute approximate surface area is 215 Å². The van der Waals surface area contributed by atoms with Crippen LogP contribution in [0.25, 0.3) is 11.0 Å². The van der Waals surface area contributed by atoms with Crippen molar-refractivity contribution >= 4 is 40.2 Å². The molecule has 3 heterocycles. The monoisotopic (exact) mass is 513 g/mol. The van der Waals surface area contributed by atoms with Crippen molar-refractivity contribution in [3.8, 4) is 0 Å². The van der Waals surface area contributed by atoms with Crippen LogP contribution in [0.15, 0.2) is 24.5 Å². The van der Waals surface area contributed by atoms with Crippen LogP contribution in [0.1, 0.15) is 69.5 Å². The third-order valence-electron chi connectivity index (χ3n) is 7.70. The van der Waals surface area contributed by atoms with Crippen molar-refractivity contribution in [1.29, 1.82) is 0 Å². The van der Waals surface area contributed by atoms with E-state index in [9.17, 15) is 14.7 Å². The van der Waals surface area contributed by atoms with Crippen LogP contribution >= 0.6 is 11.6 Å². The number of fused-ring (bicyclic) bond motifs is 3. The van der Waals surface area contributed by atoms with E-state index in [1.54, 1.807) is 22.7 Å². The zero-order valence-corrected chi connectivity index (χ0v) is 21.6. The van der Waals surface area contributed by atoms with E-state index in [2.05, 4.69) is 9.67 Å². The van der Waals surface area contributed by atoms with Gasteiger partial charge in [0.2, 0.25) is 0 Å². The minimum absolute atomic E-state index is 0.00408. The van der Waals surface area contributed by atoms with Crippen LogP contribution in [-0.4, -0.2) is 49.5 Å². The molecular formula is C26H32ClN5O4. The van der Waals surface area contributed by atoms with Crippen LogP contribution in [-0.2, 0) is 22.5 Å². The van der Waals surface area contributed by atoms with Crippen LogP contribution in [0.4, 0.5) is 10.5 Å². The van der Waals surface area contributed by atoms with E-state index < -0.39 is 12.2 Å². The number of rotatable bonds is 5. The summed E-state index contributed by atoms with van der Waals surface area (Å²) in [5.41, 5.74) is 3.47. The Morgan fingerprint density at radius 2 is 2.08 bits per heavy atom. The van der Waals surface area contributed by atoms with Gasteiger partial charge < -0.3 is 14.4 Å². The fourth-order valence-corrected chi connectivity index (χ4v) is 6.03. The Bertz CT molecular complexity index is 1300. The maximum Gasteiger partial charge on any atom is 0.414 e. The van der Waals surface area contributed by atoms with E-state index >= 15 is 0 Å². The van der Waals surface area contributed by atoms with Crippen LogP contribution in [0, 0.1) is 5.92 Å². The molecule has 0 spiro atoms. The van der Waals surface area contributed by atoms with E-state index in [-0.39, 0.29) is 30.3 Å². The lowest BCUT2D eigenvalue weighted by atomic mass is 9.83. The summed E-state index contributed by atoms with van der Waals surface area (Å²) in [6.45, 7) is 3.87. The summed E-state index contributed by atoms with van der Waals surface area (Å²) in [6, 6.07) is 3.99. The number of ketones is 1. The number of imidazole rings is 1. The molecule has 2 aliphatic rings. The van der Waals surface area contributed by atoms with E-state index in [0.29, 0.717) is 10.8 Å². The van der Waals surface area contributed by atoms with Crippen molar-refractivity contribution in [2.75, 3.05) is 12.0 Å². The Hall–Kier alpha value is -2.91. The van der Waals surface area contributed by atoms with Gasteiger partial charge in [-0.3, -0.25) is 14.4 Å². The fraction of sp³-hybridized carbons (Fsp3) is 0.538. The van der Waals surface area contributed by atoms with E-state index in [4.69, 9.17) is 21.3 Å². The largest absolute Gasteiger partial charge is 0.452 e. The SMILES string of the molecule is COC(=O)N1c2ccc3c(nc([C@@H](O)Cn4cc(Cl)cn4)n3[C@@H]3CCC[C@@H](C(C)=O)C3)c2CC[C@@H]1C. The average molecular weight is 514 g/mol. The van der Waals surface area contributed by atoms with Gasteiger partial charge in [0.05, 0.1) is 41.6 Å². The average Bonchev–Trinajstić information content (AvgIpc) is 3.46. The highest BCUT2D eigenvalue weighted by atomic mass is 35.5. The van der Waals surface area contributed by atoms with Gasteiger partial charge in [-0.1, -0.05) is 18.0 Å². The molecule has 9 nitrogen and oxygen atoms in total. The number of nitrogens with zero attached hydrogens (tertiary/aromatic N) is 5. The zero-order chi connectivity index (χ0) is 25.6. The second kappa shape index (κ2) is 9.86. The number of Topliss-reactive ketones (excluding diaryl/α,β-unsaturated/α-hetero) is 1. The van der Waals surface area contributed by atoms with Gasteiger partial charge in [0, 0.05) is 29.8 Å². The number of hydrogen-bond acceptors (Lipinski definition) is 6. The summed E-state index contributed by atoms with van der Waals surface area (Å²) in [5, 5.41) is 16.1. The molecule has 36 heavy (non-hydrogen) atoms. The molecule has 1 saturated carbocycles. The van der Waals surface area contributed by atoms with Gasteiger partial charge in [-0.25, -0.2) is 9.78 Å². The highest BCUT2D eigenvalue weighted by Crippen LogP contribution is 2.41. The van der Waals surface area contributed by atoms with Crippen molar-refractivity contribution in [3.05, 3.63) is 40.9 Å². The molecule has 1 aliphatic heterocycles. The molecule has 0 radical (unpaired) electrons. The molecule has 0 saturated heterocycles. The summed E-state index contributed by atoms with van der Waals surface area (Å²) in [7, 11) is 1.39. The number of aromatic nitrogens is 4. The number of amides is 1. The van der Waals surface area contributed by atoms with E-state index in [1.165, 1.54) is 13.3 Å². The highest BCUT2D eigenvalue weighted by molar-refractivity contribution is 6.30. The molecule has 192 valence electrons. The van der Waals surface area contributed by atoms with Crippen molar-refractivity contribution < 1.29 is 19.4 Å². The molecule has 0 unspecified atom stereocenters. The molecule has 1 amide bonds. The first-order chi connectivity index (χ1) is 17.3. The van der Waals surface area contributed by atoms with Crippen LogP contribution in [0.5, 0.6) is 0 Å². The molecule has 1 fully saturated rings. The Morgan fingerprint density at radius 3 is 2.78 bits per heavy atom. The first-order valence-electron chi connectivity index (χ1n) is 12.6. The topological polar surface area (TPSA) is 102 Å². The molecule has 1 aromatic carbocycles. The molecule has 1 aliphatic carbocycles.